The van der Waals surface area contributed by atoms with Gasteiger partial charge >= 0.3 is 0 Å². The minimum atomic E-state index is -0.514. The second-order valence-electron chi connectivity index (χ2n) is 11.4. The van der Waals surface area contributed by atoms with Crippen LogP contribution in [0.25, 0.3) is 10.9 Å². The van der Waals surface area contributed by atoms with E-state index >= 15 is 0 Å². The van der Waals surface area contributed by atoms with Gasteiger partial charge in [-0.25, -0.2) is 9.97 Å². The van der Waals surface area contributed by atoms with E-state index < -0.39 is 6.10 Å². The molecule has 2 saturated heterocycles. The lowest BCUT2D eigenvalue weighted by atomic mass is 9.88. The summed E-state index contributed by atoms with van der Waals surface area (Å²) in [5.41, 5.74) is 4.02. The number of para-hydroxylation sites is 1. The van der Waals surface area contributed by atoms with Crippen molar-refractivity contribution in [2.75, 3.05) is 31.1 Å². The Balaban J connectivity index is 1.25. The molecule has 2 aliphatic heterocycles. The normalized spacial score (nSPS) is 26.4. The molecule has 3 aliphatic rings. The number of aromatic amines is 1. The smallest absolute Gasteiger partial charge is 0.231 e. The second kappa shape index (κ2) is 8.85. The number of fused-ring (bicyclic) bond motifs is 2. The molecule has 8 heteroatoms. The Morgan fingerprint density at radius 2 is 1.94 bits per heavy atom. The van der Waals surface area contributed by atoms with Crippen molar-refractivity contribution in [1.82, 2.24) is 25.2 Å². The van der Waals surface area contributed by atoms with Crippen molar-refractivity contribution in [3.63, 3.8) is 0 Å². The third kappa shape index (κ3) is 3.96. The van der Waals surface area contributed by atoms with E-state index in [2.05, 4.69) is 58.1 Å². The van der Waals surface area contributed by atoms with E-state index in [9.17, 15) is 9.90 Å². The summed E-state index contributed by atoms with van der Waals surface area (Å²) < 4.78 is 0. The topological polar surface area (TPSA) is 97.4 Å². The largest absolute Gasteiger partial charge is 0.387 e. The summed E-state index contributed by atoms with van der Waals surface area (Å²) in [4.78, 5) is 30.8. The van der Waals surface area contributed by atoms with Gasteiger partial charge in [0.25, 0.3) is 0 Å². The zero-order valence-electron chi connectivity index (χ0n) is 21.4. The number of aliphatic hydroxyl groups is 1. The first-order valence-corrected chi connectivity index (χ1v) is 13.2. The molecule has 0 saturated carbocycles. The lowest BCUT2D eigenvalue weighted by Gasteiger charge is -2.39. The highest BCUT2D eigenvalue weighted by atomic mass is 16.3. The van der Waals surface area contributed by atoms with Crippen LogP contribution < -0.4 is 10.2 Å². The molecule has 2 fully saturated rings. The molecule has 2 aromatic heterocycles. The highest BCUT2D eigenvalue weighted by molar-refractivity contribution is 5.93. The van der Waals surface area contributed by atoms with Gasteiger partial charge in [0.2, 0.25) is 5.91 Å². The SMILES string of the molecule is C[C@@H]1C[C@@H](O)c2ncnc(N3CCN(C(=O)C(c4c[nH]c5ccccc45)C4CCC(C)(C)N4)CC3)c21. The van der Waals surface area contributed by atoms with Gasteiger partial charge in [-0.05, 0) is 50.7 Å². The number of nitrogens with one attached hydrogen (secondary N) is 2. The van der Waals surface area contributed by atoms with E-state index in [1.165, 1.54) is 0 Å². The summed E-state index contributed by atoms with van der Waals surface area (Å²) in [6.07, 6.45) is 5.81. The van der Waals surface area contributed by atoms with Crippen LogP contribution in [0.5, 0.6) is 0 Å². The predicted molar refractivity (Wildman–Crippen MR) is 140 cm³/mol. The minimum absolute atomic E-state index is 0.0304. The molecule has 0 spiro atoms. The van der Waals surface area contributed by atoms with E-state index in [0.717, 1.165) is 59.5 Å². The Labute approximate surface area is 212 Å². The van der Waals surface area contributed by atoms with E-state index in [1.54, 1.807) is 6.33 Å². The molecule has 0 bridgehead atoms. The highest BCUT2D eigenvalue weighted by Gasteiger charge is 2.42. The van der Waals surface area contributed by atoms with Gasteiger partial charge in [-0.1, -0.05) is 25.1 Å². The quantitative estimate of drug-likeness (QED) is 0.520. The molecule has 4 atom stereocenters. The molecule has 190 valence electrons. The van der Waals surface area contributed by atoms with Crippen molar-refractivity contribution >= 4 is 22.6 Å². The van der Waals surface area contributed by atoms with Gasteiger partial charge < -0.3 is 25.2 Å². The molecule has 4 heterocycles. The number of H-pyrrole nitrogens is 1. The average Bonchev–Trinajstić information content (AvgIpc) is 3.55. The molecule has 1 aliphatic carbocycles. The van der Waals surface area contributed by atoms with Crippen LogP contribution in [0.3, 0.4) is 0 Å². The summed E-state index contributed by atoms with van der Waals surface area (Å²) in [5.74, 6) is 1.12. The molecule has 1 aromatic carbocycles. The van der Waals surface area contributed by atoms with E-state index in [4.69, 9.17) is 0 Å². The number of aromatic nitrogens is 3. The van der Waals surface area contributed by atoms with E-state index in [0.29, 0.717) is 19.5 Å². The Kier molecular flexibility index (Phi) is 5.76. The molecule has 2 unspecified atom stereocenters. The fourth-order valence-corrected chi connectivity index (χ4v) is 6.58. The number of hydrogen-bond donors (Lipinski definition) is 3. The Bertz CT molecular complexity index is 1280. The zero-order valence-corrected chi connectivity index (χ0v) is 21.4. The summed E-state index contributed by atoms with van der Waals surface area (Å²) in [5, 5.41) is 15.3. The first-order chi connectivity index (χ1) is 17.3. The van der Waals surface area contributed by atoms with E-state index in [1.807, 2.05) is 23.2 Å². The maximum Gasteiger partial charge on any atom is 0.231 e. The predicted octanol–water partition coefficient (Wildman–Crippen LogP) is 3.46. The molecular weight excluding hydrogens is 452 g/mol. The minimum Gasteiger partial charge on any atom is -0.387 e. The van der Waals surface area contributed by atoms with Crippen LogP contribution in [0.2, 0.25) is 0 Å². The van der Waals surface area contributed by atoms with Crippen LogP contribution in [-0.2, 0) is 4.79 Å². The molecular formula is C28H36N6O2. The number of amides is 1. The number of benzene rings is 1. The van der Waals surface area contributed by atoms with E-state index in [-0.39, 0.29) is 29.3 Å². The van der Waals surface area contributed by atoms with Gasteiger partial charge in [-0.2, -0.15) is 0 Å². The number of piperazine rings is 1. The van der Waals surface area contributed by atoms with Crippen molar-refractivity contribution in [3.05, 3.63) is 53.6 Å². The van der Waals surface area contributed by atoms with Gasteiger partial charge in [0.1, 0.15) is 12.1 Å². The van der Waals surface area contributed by atoms with Crippen molar-refractivity contribution < 1.29 is 9.90 Å². The fraction of sp³-hybridized carbons (Fsp3) is 0.536. The monoisotopic (exact) mass is 488 g/mol. The molecule has 8 nitrogen and oxygen atoms in total. The van der Waals surface area contributed by atoms with Crippen molar-refractivity contribution in [1.29, 1.82) is 0 Å². The van der Waals surface area contributed by atoms with Crippen LogP contribution >= 0.6 is 0 Å². The zero-order chi connectivity index (χ0) is 25.0. The van der Waals surface area contributed by atoms with Crippen LogP contribution in [0.4, 0.5) is 5.82 Å². The number of carbonyl (C=O) groups is 1. The number of carbonyl (C=O) groups excluding carboxylic acids is 1. The molecule has 6 rings (SSSR count). The van der Waals surface area contributed by atoms with Gasteiger partial charge in [0.15, 0.2) is 0 Å². The number of hydrogen-bond acceptors (Lipinski definition) is 6. The Hall–Kier alpha value is -2.97. The number of rotatable bonds is 4. The third-order valence-corrected chi connectivity index (χ3v) is 8.45. The Morgan fingerprint density at radius 3 is 2.69 bits per heavy atom. The van der Waals surface area contributed by atoms with Gasteiger partial charge in [0.05, 0.1) is 17.7 Å². The van der Waals surface area contributed by atoms with Crippen molar-refractivity contribution in [2.24, 2.45) is 0 Å². The summed E-state index contributed by atoms with van der Waals surface area (Å²) in [6, 6.07) is 8.37. The van der Waals surface area contributed by atoms with Crippen LogP contribution in [0.15, 0.2) is 36.8 Å². The number of anilines is 1. The number of aliphatic hydroxyl groups excluding tert-OH is 1. The van der Waals surface area contributed by atoms with Crippen molar-refractivity contribution in [3.8, 4) is 0 Å². The molecule has 1 amide bonds. The van der Waals surface area contributed by atoms with Gasteiger partial charge in [0, 0.05) is 60.4 Å². The lowest BCUT2D eigenvalue weighted by molar-refractivity contribution is -0.133. The summed E-state index contributed by atoms with van der Waals surface area (Å²) >= 11 is 0. The first-order valence-electron chi connectivity index (χ1n) is 13.2. The standard InChI is InChI=1S/C28H36N6O2/c1-17-14-22(35)25-23(17)26(31-16-30-25)33-10-12-34(13-11-33)27(36)24(21-8-9-28(2,3)32-21)19-15-29-20-7-5-4-6-18(19)20/h4-7,15-17,21-22,24,29,32,35H,8-14H2,1-3H3/t17-,21?,22-,24?/m1/s1. The Morgan fingerprint density at radius 1 is 1.17 bits per heavy atom. The lowest BCUT2D eigenvalue weighted by Crippen LogP contribution is -2.53. The van der Waals surface area contributed by atoms with Crippen molar-refractivity contribution in [2.45, 2.75) is 69.6 Å². The number of nitrogens with zero attached hydrogens (tertiary/aromatic N) is 4. The molecule has 3 N–H and O–H groups in total. The second-order valence-corrected chi connectivity index (χ2v) is 11.4. The first kappa shape index (κ1) is 23.4. The molecule has 0 radical (unpaired) electrons. The van der Waals surface area contributed by atoms with Gasteiger partial charge in [-0.3, -0.25) is 4.79 Å². The summed E-state index contributed by atoms with van der Waals surface area (Å²) in [7, 11) is 0. The highest BCUT2D eigenvalue weighted by Crippen LogP contribution is 2.43. The summed E-state index contributed by atoms with van der Waals surface area (Å²) in [6.45, 7) is 9.34. The van der Waals surface area contributed by atoms with Crippen LogP contribution in [0.1, 0.15) is 74.8 Å². The van der Waals surface area contributed by atoms with Crippen LogP contribution in [0, 0.1) is 0 Å². The molecule has 3 aromatic rings. The van der Waals surface area contributed by atoms with Crippen LogP contribution in [-0.4, -0.2) is 68.6 Å². The maximum atomic E-state index is 14.2. The third-order valence-electron chi connectivity index (χ3n) is 8.45. The van der Waals surface area contributed by atoms with Gasteiger partial charge in [-0.15, -0.1) is 0 Å². The molecule has 36 heavy (non-hydrogen) atoms. The maximum absolute atomic E-state index is 14.2. The average molecular weight is 489 g/mol. The fourth-order valence-electron chi connectivity index (χ4n) is 6.58.